The number of rotatable bonds is 5. The second kappa shape index (κ2) is 7.64. The predicted octanol–water partition coefficient (Wildman–Crippen LogP) is 4.09. The van der Waals surface area contributed by atoms with Gasteiger partial charge in [-0.1, -0.05) is 65.9 Å². The zero-order valence-electron chi connectivity index (χ0n) is 16.2. The molecule has 0 fully saturated rings. The topological polar surface area (TPSA) is 52.7 Å². The Hall–Kier alpha value is -2.86. The molecule has 2 aromatic carbocycles. The minimum Gasteiger partial charge on any atom is -0.281 e. The van der Waals surface area contributed by atoms with E-state index in [1.807, 2.05) is 30.3 Å². The van der Waals surface area contributed by atoms with Crippen molar-refractivity contribution in [2.45, 2.75) is 31.3 Å². The SMILES string of the molecule is Cc1ccc(C)c(CSc2nc3cnn(C)c3c(=O)n2Cc2ccccc2)c1. The molecular weight excluding hydrogens is 368 g/mol. The Balaban J connectivity index is 1.76. The summed E-state index contributed by atoms with van der Waals surface area (Å²) in [5.41, 5.74) is 5.93. The Bertz CT molecular complexity index is 1190. The minimum atomic E-state index is -0.0580. The first-order valence-corrected chi connectivity index (χ1v) is 10.2. The number of thioether (sulfide) groups is 1. The zero-order valence-corrected chi connectivity index (χ0v) is 17.0. The lowest BCUT2D eigenvalue weighted by Gasteiger charge is -2.13. The lowest BCUT2D eigenvalue weighted by atomic mass is 10.1. The van der Waals surface area contributed by atoms with E-state index in [2.05, 4.69) is 37.1 Å². The second-order valence-corrected chi connectivity index (χ2v) is 7.93. The van der Waals surface area contributed by atoms with Crippen LogP contribution in [0.2, 0.25) is 0 Å². The molecule has 0 N–H and O–H groups in total. The summed E-state index contributed by atoms with van der Waals surface area (Å²) in [5, 5.41) is 4.94. The number of nitrogens with zero attached hydrogens (tertiary/aromatic N) is 4. The van der Waals surface area contributed by atoms with Gasteiger partial charge in [0.2, 0.25) is 0 Å². The van der Waals surface area contributed by atoms with Gasteiger partial charge in [0, 0.05) is 12.8 Å². The smallest absolute Gasteiger partial charge is 0.280 e. The van der Waals surface area contributed by atoms with Crippen molar-refractivity contribution >= 4 is 22.8 Å². The molecule has 4 rings (SSSR count). The lowest BCUT2D eigenvalue weighted by molar-refractivity contribution is 0.651. The number of hydrogen-bond acceptors (Lipinski definition) is 4. The van der Waals surface area contributed by atoms with E-state index in [4.69, 9.17) is 4.98 Å². The fourth-order valence-corrected chi connectivity index (χ4v) is 4.31. The molecule has 0 bridgehead atoms. The first kappa shape index (κ1) is 18.5. The van der Waals surface area contributed by atoms with Gasteiger partial charge in [-0.25, -0.2) is 4.98 Å². The van der Waals surface area contributed by atoms with E-state index in [0.717, 1.165) is 16.5 Å². The Morgan fingerprint density at radius 3 is 2.64 bits per heavy atom. The van der Waals surface area contributed by atoms with Crippen LogP contribution in [0.4, 0.5) is 0 Å². The van der Waals surface area contributed by atoms with Crippen LogP contribution in [-0.4, -0.2) is 19.3 Å². The highest BCUT2D eigenvalue weighted by Gasteiger charge is 2.15. The van der Waals surface area contributed by atoms with E-state index < -0.39 is 0 Å². The summed E-state index contributed by atoms with van der Waals surface area (Å²) < 4.78 is 3.36. The molecular formula is C22H22N4OS. The second-order valence-electron chi connectivity index (χ2n) is 6.99. The highest BCUT2D eigenvalue weighted by Crippen LogP contribution is 2.25. The van der Waals surface area contributed by atoms with E-state index >= 15 is 0 Å². The number of benzene rings is 2. The van der Waals surface area contributed by atoms with Crippen LogP contribution in [-0.2, 0) is 19.3 Å². The molecule has 4 aromatic rings. The molecule has 0 radical (unpaired) electrons. The number of fused-ring (bicyclic) bond motifs is 1. The molecule has 0 aliphatic rings. The molecule has 0 unspecified atom stereocenters. The molecule has 0 saturated carbocycles. The average molecular weight is 391 g/mol. The highest BCUT2D eigenvalue weighted by molar-refractivity contribution is 7.98. The molecule has 0 spiro atoms. The monoisotopic (exact) mass is 390 g/mol. The quantitative estimate of drug-likeness (QED) is 0.380. The number of aromatic nitrogens is 4. The largest absolute Gasteiger partial charge is 0.281 e. The summed E-state index contributed by atoms with van der Waals surface area (Å²) in [7, 11) is 1.78. The average Bonchev–Trinajstić information content (AvgIpc) is 3.06. The summed E-state index contributed by atoms with van der Waals surface area (Å²) >= 11 is 1.60. The van der Waals surface area contributed by atoms with E-state index in [1.54, 1.807) is 34.3 Å². The molecule has 0 aliphatic heterocycles. The molecule has 2 aromatic heterocycles. The van der Waals surface area contributed by atoms with Crippen molar-refractivity contribution in [3.63, 3.8) is 0 Å². The Kier molecular flexibility index (Phi) is 5.05. The van der Waals surface area contributed by atoms with Gasteiger partial charge in [-0.3, -0.25) is 14.0 Å². The highest BCUT2D eigenvalue weighted by atomic mass is 32.2. The minimum absolute atomic E-state index is 0.0580. The summed E-state index contributed by atoms with van der Waals surface area (Å²) in [6.07, 6.45) is 1.66. The maximum atomic E-state index is 13.2. The van der Waals surface area contributed by atoms with Crippen LogP contribution in [0.25, 0.3) is 11.0 Å². The summed E-state index contributed by atoms with van der Waals surface area (Å²) in [6, 6.07) is 16.5. The van der Waals surface area contributed by atoms with Gasteiger partial charge in [0.25, 0.3) is 5.56 Å². The fraction of sp³-hybridized carbons (Fsp3) is 0.227. The Morgan fingerprint density at radius 1 is 1.07 bits per heavy atom. The van der Waals surface area contributed by atoms with Crippen molar-refractivity contribution in [1.29, 1.82) is 0 Å². The van der Waals surface area contributed by atoms with E-state index in [0.29, 0.717) is 17.6 Å². The van der Waals surface area contributed by atoms with Crippen LogP contribution in [0, 0.1) is 13.8 Å². The molecule has 0 saturated heterocycles. The number of hydrogen-bond donors (Lipinski definition) is 0. The van der Waals surface area contributed by atoms with Crippen LogP contribution in [0.1, 0.15) is 22.3 Å². The van der Waals surface area contributed by atoms with Gasteiger partial charge < -0.3 is 0 Å². The predicted molar refractivity (Wildman–Crippen MR) is 114 cm³/mol. The molecule has 6 heteroatoms. The maximum absolute atomic E-state index is 13.2. The maximum Gasteiger partial charge on any atom is 0.280 e. The molecule has 0 aliphatic carbocycles. The summed E-state index contributed by atoms with van der Waals surface area (Å²) in [6.45, 7) is 4.70. The normalized spacial score (nSPS) is 11.2. The molecule has 0 atom stereocenters. The van der Waals surface area contributed by atoms with E-state index in [9.17, 15) is 4.79 Å². The van der Waals surface area contributed by atoms with Gasteiger partial charge in [0.1, 0.15) is 5.52 Å². The van der Waals surface area contributed by atoms with Gasteiger partial charge in [-0.15, -0.1) is 0 Å². The van der Waals surface area contributed by atoms with Crippen LogP contribution in [0.3, 0.4) is 0 Å². The third-order valence-corrected chi connectivity index (χ3v) is 5.88. The van der Waals surface area contributed by atoms with Crippen molar-refractivity contribution < 1.29 is 0 Å². The Morgan fingerprint density at radius 2 is 1.86 bits per heavy atom. The van der Waals surface area contributed by atoms with Crippen molar-refractivity contribution in [1.82, 2.24) is 19.3 Å². The molecule has 0 amide bonds. The third-order valence-electron chi connectivity index (χ3n) is 4.86. The van der Waals surface area contributed by atoms with Gasteiger partial charge in [0.05, 0.1) is 12.7 Å². The fourth-order valence-electron chi connectivity index (χ4n) is 3.25. The molecule has 5 nitrogen and oxygen atoms in total. The summed E-state index contributed by atoms with van der Waals surface area (Å²) in [5.74, 6) is 0.764. The van der Waals surface area contributed by atoms with Crippen LogP contribution >= 0.6 is 11.8 Å². The van der Waals surface area contributed by atoms with Crippen LogP contribution in [0.5, 0.6) is 0 Å². The van der Waals surface area contributed by atoms with Crippen molar-refractivity contribution in [2.75, 3.05) is 0 Å². The van der Waals surface area contributed by atoms with Crippen LogP contribution in [0.15, 0.2) is 64.7 Å². The van der Waals surface area contributed by atoms with Crippen LogP contribution < -0.4 is 5.56 Å². The first-order valence-electron chi connectivity index (χ1n) is 9.18. The molecule has 28 heavy (non-hydrogen) atoms. The van der Waals surface area contributed by atoms with Gasteiger partial charge >= 0.3 is 0 Å². The van der Waals surface area contributed by atoms with E-state index in [-0.39, 0.29) is 5.56 Å². The standard InChI is InChI=1S/C22H22N4OS/c1-15-9-10-16(2)18(11-15)14-28-22-24-19-12-23-25(3)20(19)21(27)26(22)13-17-7-5-4-6-8-17/h4-12H,13-14H2,1-3H3. The zero-order chi connectivity index (χ0) is 19.7. The van der Waals surface area contributed by atoms with Crippen molar-refractivity contribution in [3.8, 4) is 0 Å². The molecule has 2 heterocycles. The lowest BCUT2D eigenvalue weighted by Crippen LogP contribution is -2.25. The molecule has 142 valence electrons. The third kappa shape index (κ3) is 3.60. The van der Waals surface area contributed by atoms with Gasteiger partial charge in [-0.2, -0.15) is 5.10 Å². The summed E-state index contributed by atoms with van der Waals surface area (Å²) in [4.78, 5) is 18.0. The van der Waals surface area contributed by atoms with Gasteiger partial charge in [0.15, 0.2) is 10.7 Å². The van der Waals surface area contributed by atoms with E-state index in [1.165, 1.54) is 16.7 Å². The van der Waals surface area contributed by atoms with Crippen molar-refractivity contribution in [3.05, 3.63) is 87.3 Å². The first-order chi connectivity index (χ1) is 13.5. The van der Waals surface area contributed by atoms with Gasteiger partial charge in [-0.05, 0) is 30.5 Å². The van der Waals surface area contributed by atoms with Crippen molar-refractivity contribution in [2.24, 2.45) is 7.05 Å². The Labute approximate surface area is 168 Å². The number of aryl methyl sites for hydroxylation is 3.